The first-order valence-electron chi connectivity index (χ1n) is 7.12. The molecule has 7 heteroatoms. The van der Waals surface area contributed by atoms with Crippen LogP contribution in [-0.4, -0.2) is 23.5 Å². The summed E-state index contributed by atoms with van der Waals surface area (Å²) in [4.78, 5) is 13.3. The van der Waals surface area contributed by atoms with E-state index in [1.54, 1.807) is 36.4 Å². The molecule has 1 aliphatic heterocycles. The van der Waals surface area contributed by atoms with Crippen LogP contribution >= 0.6 is 0 Å². The summed E-state index contributed by atoms with van der Waals surface area (Å²) < 4.78 is 38.8. The number of hydrogen-bond donors (Lipinski definition) is 1. The van der Waals surface area contributed by atoms with Crippen molar-refractivity contribution in [3.05, 3.63) is 65.2 Å². The molecule has 0 saturated carbocycles. The van der Waals surface area contributed by atoms with E-state index in [0.717, 1.165) is 4.90 Å². The first-order valence-corrected chi connectivity index (χ1v) is 7.12. The van der Waals surface area contributed by atoms with Crippen molar-refractivity contribution in [3.63, 3.8) is 0 Å². The molecule has 4 nitrogen and oxygen atoms in total. The molecule has 2 aromatic rings. The predicted molar refractivity (Wildman–Crippen MR) is 81.1 cm³/mol. The van der Waals surface area contributed by atoms with E-state index < -0.39 is 24.8 Å². The highest BCUT2D eigenvalue weighted by Gasteiger charge is 2.40. The third-order valence-corrected chi connectivity index (χ3v) is 3.70. The van der Waals surface area contributed by atoms with E-state index in [2.05, 4.69) is 5.32 Å². The fourth-order valence-corrected chi connectivity index (χ4v) is 2.69. The van der Waals surface area contributed by atoms with Gasteiger partial charge in [-0.15, -0.1) is 0 Å². The lowest BCUT2D eigenvalue weighted by Gasteiger charge is -2.38. The SMILES string of the molecule is N#Cc1cccc([C@H]2Nc3ccccc3C(=O)N2CC(F)(F)F)c1. The quantitative estimate of drug-likeness (QED) is 0.913. The molecular formula is C17H12F3N3O. The molecule has 1 N–H and O–H groups in total. The molecule has 2 aromatic carbocycles. The molecule has 0 unspecified atom stereocenters. The highest BCUT2D eigenvalue weighted by molar-refractivity contribution is 6.01. The summed E-state index contributed by atoms with van der Waals surface area (Å²) in [6.07, 6.45) is -5.53. The molecule has 0 saturated heterocycles. The summed E-state index contributed by atoms with van der Waals surface area (Å²) in [5.74, 6) is -0.700. The maximum absolute atomic E-state index is 12.9. The van der Waals surface area contributed by atoms with Crippen molar-refractivity contribution in [2.45, 2.75) is 12.3 Å². The number of alkyl halides is 3. The van der Waals surface area contributed by atoms with Gasteiger partial charge in [-0.2, -0.15) is 18.4 Å². The van der Waals surface area contributed by atoms with Crippen LogP contribution in [0.4, 0.5) is 18.9 Å². The molecular weight excluding hydrogens is 319 g/mol. The second-order valence-corrected chi connectivity index (χ2v) is 5.38. The lowest BCUT2D eigenvalue weighted by molar-refractivity contribution is -0.144. The van der Waals surface area contributed by atoms with E-state index in [4.69, 9.17) is 5.26 Å². The van der Waals surface area contributed by atoms with Gasteiger partial charge in [-0.3, -0.25) is 4.79 Å². The zero-order chi connectivity index (χ0) is 17.3. The Morgan fingerprint density at radius 3 is 2.62 bits per heavy atom. The van der Waals surface area contributed by atoms with E-state index in [-0.39, 0.29) is 5.56 Å². The first-order chi connectivity index (χ1) is 11.4. The van der Waals surface area contributed by atoms with Crippen molar-refractivity contribution in [2.75, 3.05) is 11.9 Å². The highest BCUT2D eigenvalue weighted by atomic mass is 19.4. The fraction of sp³-hybridized carbons (Fsp3) is 0.176. The van der Waals surface area contributed by atoms with Gasteiger partial charge in [0.2, 0.25) is 0 Å². The first kappa shape index (κ1) is 15.9. The molecule has 0 aliphatic carbocycles. The van der Waals surface area contributed by atoms with Crippen LogP contribution < -0.4 is 5.32 Å². The summed E-state index contributed by atoms with van der Waals surface area (Å²) in [5, 5.41) is 12.0. The number of amides is 1. The van der Waals surface area contributed by atoms with Gasteiger partial charge in [0, 0.05) is 5.69 Å². The monoisotopic (exact) mass is 331 g/mol. The van der Waals surface area contributed by atoms with Gasteiger partial charge in [0.25, 0.3) is 5.91 Å². The van der Waals surface area contributed by atoms with Crippen molar-refractivity contribution in [1.29, 1.82) is 5.26 Å². The third-order valence-electron chi connectivity index (χ3n) is 3.70. The molecule has 0 bridgehead atoms. The van der Waals surface area contributed by atoms with Crippen LogP contribution in [0.25, 0.3) is 0 Å². The van der Waals surface area contributed by atoms with Crippen LogP contribution in [0.2, 0.25) is 0 Å². The Balaban J connectivity index is 2.07. The number of hydrogen-bond acceptors (Lipinski definition) is 3. The van der Waals surface area contributed by atoms with Gasteiger partial charge in [-0.1, -0.05) is 24.3 Å². The molecule has 1 heterocycles. The van der Waals surface area contributed by atoms with Gasteiger partial charge in [-0.25, -0.2) is 0 Å². The molecule has 1 aliphatic rings. The second-order valence-electron chi connectivity index (χ2n) is 5.38. The van der Waals surface area contributed by atoms with Gasteiger partial charge in [0.15, 0.2) is 0 Å². The van der Waals surface area contributed by atoms with E-state index in [1.165, 1.54) is 12.1 Å². The minimum atomic E-state index is -4.53. The number of nitrogens with zero attached hydrogens (tertiary/aromatic N) is 2. The Bertz CT molecular complexity index is 826. The number of rotatable bonds is 2. The number of nitrogens with one attached hydrogen (secondary N) is 1. The normalized spacial score (nSPS) is 17.0. The summed E-state index contributed by atoms with van der Waals surface area (Å²) in [7, 11) is 0. The summed E-state index contributed by atoms with van der Waals surface area (Å²) >= 11 is 0. The molecule has 0 aromatic heterocycles. The van der Waals surface area contributed by atoms with E-state index in [9.17, 15) is 18.0 Å². The largest absolute Gasteiger partial charge is 0.406 e. The number of halogens is 3. The van der Waals surface area contributed by atoms with Gasteiger partial charge in [0.1, 0.15) is 12.7 Å². The van der Waals surface area contributed by atoms with E-state index >= 15 is 0 Å². The van der Waals surface area contributed by atoms with Crippen LogP contribution in [0.1, 0.15) is 27.7 Å². The lowest BCUT2D eigenvalue weighted by atomic mass is 10.0. The Hall–Kier alpha value is -3.01. The number of benzene rings is 2. The van der Waals surface area contributed by atoms with Crippen LogP contribution in [0.3, 0.4) is 0 Å². The van der Waals surface area contributed by atoms with Crippen molar-refractivity contribution in [1.82, 2.24) is 4.90 Å². The molecule has 1 atom stereocenters. The summed E-state index contributed by atoms with van der Waals surface area (Å²) in [5.41, 5.74) is 1.39. The number of carbonyl (C=O) groups is 1. The average Bonchev–Trinajstić information content (AvgIpc) is 2.56. The number of fused-ring (bicyclic) bond motifs is 1. The lowest BCUT2D eigenvalue weighted by Crippen LogP contribution is -2.47. The maximum Gasteiger partial charge on any atom is 0.406 e. The number of carbonyl (C=O) groups excluding carboxylic acids is 1. The highest BCUT2D eigenvalue weighted by Crippen LogP contribution is 2.35. The van der Waals surface area contributed by atoms with Gasteiger partial charge in [-0.05, 0) is 29.8 Å². The Kier molecular flexibility index (Phi) is 3.89. The second kappa shape index (κ2) is 5.89. The zero-order valence-corrected chi connectivity index (χ0v) is 12.3. The molecule has 0 fully saturated rings. The number of para-hydroxylation sites is 1. The Labute approximate surface area is 136 Å². The van der Waals surface area contributed by atoms with Crippen molar-refractivity contribution < 1.29 is 18.0 Å². The minimum Gasteiger partial charge on any atom is -0.361 e. The van der Waals surface area contributed by atoms with Crippen molar-refractivity contribution in [3.8, 4) is 6.07 Å². The topological polar surface area (TPSA) is 56.1 Å². The van der Waals surface area contributed by atoms with Gasteiger partial charge in [0.05, 0.1) is 17.2 Å². The van der Waals surface area contributed by atoms with Crippen LogP contribution in [-0.2, 0) is 0 Å². The molecule has 3 rings (SSSR count). The minimum absolute atomic E-state index is 0.189. The number of nitriles is 1. The van der Waals surface area contributed by atoms with Gasteiger partial charge < -0.3 is 10.2 Å². The van der Waals surface area contributed by atoms with Crippen LogP contribution in [0.15, 0.2) is 48.5 Å². The predicted octanol–water partition coefficient (Wildman–Crippen LogP) is 3.69. The van der Waals surface area contributed by atoms with E-state index in [0.29, 0.717) is 16.8 Å². The van der Waals surface area contributed by atoms with E-state index in [1.807, 2.05) is 6.07 Å². The smallest absolute Gasteiger partial charge is 0.361 e. The molecule has 0 spiro atoms. The van der Waals surface area contributed by atoms with Gasteiger partial charge >= 0.3 is 6.18 Å². The number of anilines is 1. The van der Waals surface area contributed by atoms with Crippen molar-refractivity contribution in [2.24, 2.45) is 0 Å². The summed E-state index contributed by atoms with van der Waals surface area (Å²) in [6, 6.07) is 14.5. The standard InChI is InChI=1S/C17H12F3N3O/c18-17(19,20)10-23-15(12-5-3-4-11(8-12)9-21)22-14-7-2-1-6-13(14)16(23)24/h1-8,15,22H,10H2/t15-/m0/s1. The van der Waals surface area contributed by atoms with Crippen molar-refractivity contribution >= 4 is 11.6 Å². The van der Waals surface area contributed by atoms with Crippen LogP contribution in [0.5, 0.6) is 0 Å². The Morgan fingerprint density at radius 2 is 1.92 bits per heavy atom. The summed E-state index contributed by atoms with van der Waals surface area (Å²) in [6.45, 7) is -1.38. The third kappa shape index (κ3) is 3.04. The zero-order valence-electron chi connectivity index (χ0n) is 12.3. The fourth-order valence-electron chi connectivity index (χ4n) is 2.69. The molecule has 1 amide bonds. The average molecular weight is 331 g/mol. The molecule has 24 heavy (non-hydrogen) atoms. The van der Waals surface area contributed by atoms with Crippen LogP contribution in [0, 0.1) is 11.3 Å². The molecule has 0 radical (unpaired) electrons. The molecule has 122 valence electrons. The Morgan fingerprint density at radius 1 is 1.17 bits per heavy atom. The maximum atomic E-state index is 12.9.